The molecule has 0 bridgehead atoms. The molecule has 0 radical (unpaired) electrons. The Hall–Kier alpha value is -2.34. The van der Waals surface area contributed by atoms with Gasteiger partial charge in [0.1, 0.15) is 11.5 Å². The van der Waals surface area contributed by atoms with Crippen LogP contribution in [0.15, 0.2) is 36.7 Å². The largest absolute Gasteiger partial charge is 0.350 e. The van der Waals surface area contributed by atoms with Crippen molar-refractivity contribution in [3.8, 4) is 0 Å². The van der Waals surface area contributed by atoms with Gasteiger partial charge in [0, 0.05) is 31.4 Å². The molecule has 1 aromatic heterocycles. The Morgan fingerprint density at radius 3 is 2.92 bits per heavy atom. The molecule has 0 aliphatic carbocycles. The molecule has 1 N–H and O–H groups in total. The average molecular weight is 328 g/mol. The van der Waals surface area contributed by atoms with Crippen molar-refractivity contribution in [2.24, 2.45) is 5.92 Å². The van der Waals surface area contributed by atoms with E-state index in [1.807, 2.05) is 19.1 Å². The smallest absolute Gasteiger partial charge is 0.271 e. The number of halogens is 1. The summed E-state index contributed by atoms with van der Waals surface area (Å²) in [4.78, 5) is 22.4. The fraction of sp³-hybridized carbons (Fsp3) is 0.389. The van der Waals surface area contributed by atoms with Gasteiger partial charge in [-0.2, -0.15) is 0 Å². The minimum atomic E-state index is -0.199. The molecule has 2 aromatic rings. The molecule has 1 atom stereocenters. The molecule has 1 aliphatic heterocycles. The third-order valence-electron chi connectivity index (χ3n) is 4.29. The van der Waals surface area contributed by atoms with Gasteiger partial charge < -0.3 is 5.32 Å². The molecule has 1 amide bonds. The third kappa shape index (κ3) is 4.14. The van der Waals surface area contributed by atoms with Gasteiger partial charge in [0.25, 0.3) is 5.91 Å². The summed E-state index contributed by atoms with van der Waals surface area (Å²) in [6, 6.07) is 6.87. The molecule has 1 aliphatic rings. The van der Waals surface area contributed by atoms with E-state index in [-0.39, 0.29) is 11.7 Å². The second-order valence-electron chi connectivity index (χ2n) is 6.23. The van der Waals surface area contributed by atoms with Gasteiger partial charge in [-0.1, -0.05) is 18.2 Å². The molecular weight excluding hydrogens is 307 g/mol. The lowest BCUT2D eigenvalue weighted by Crippen LogP contribution is -2.31. The summed E-state index contributed by atoms with van der Waals surface area (Å²) in [5, 5.41) is 2.91. The SMILES string of the molecule is Cc1cnc(C(=O)NC[C@@H]2CCN(Cc3ccccc3F)C2)cn1. The molecule has 0 saturated carbocycles. The molecule has 3 rings (SSSR count). The summed E-state index contributed by atoms with van der Waals surface area (Å²) in [7, 11) is 0. The number of hydrogen-bond donors (Lipinski definition) is 1. The number of likely N-dealkylation sites (tertiary alicyclic amines) is 1. The summed E-state index contributed by atoms with van der Waals surface area (Å²) in [5.41, 5.74) is 1.84. The van der Waals surface area contributed by atoms with Gasteiger partial charge >= 0.3 is 0 Å². The number of carbonyl (C=O) groups is 1. The van der Waals surface area contributed by atoms with Crippen molar-refractivity contribution in [3.63, 3.8) is 0 Å². The van der Waals surface area contributed by atoms with Crippen LogP contribution in [0.3, 0.4) is 0 Å². The number of aromatic nitrogens is 2. The lowest BCUT2D eigenvalue weighted by atomic mass is 10.1. The van der Waals surface area contributed by atoms with Gasteiger partial charge in [-0.05, 0) is 31.9 Å². The third-order valence-corrected chi connectivity index (χ3v) is 4.29. The minimum Gasteiger partial charge on any atom is -0.350 e. The Labute approximate surface area is 140 Å². The van der Waals surface area contributed by atoms with Crippen LogP contribution < -0.4 is 5.32 Å². The van der Waals surface area contributed by atoms with Gasteiger partial charge in [0.2, 0.25) is 0 Å². The second-order valence-corrected chi connectivity index (χ2v) is 6.23. The van der Waals surface area contributed by atoms with Crippen molar-refractivity contribution in [3.05, 3.63) is 59.4 Å². The van der Waals surface area contributed by atoms with Crippen LogP contribution >= 0.6 is 0 Å². The average Bonchev–Trinajstić information content (AvgIpc) is 3.03. The quantitative estimate of drug-likeness (QED) is 0.914. The Bertz CT molecular complexity index is 704. The number of nitrogens with one attached hydrogen (secondary N) is 1. The lowest BCUT2D eigenvalue weighted by Gasteiger charge is -2.16. The number of aryl methyl sites for hydroxylation is 1. The van der Waals surface area contributed by atoms with Crippen molar-refractivity contribution in [2.75, 3.05) is 19.6 Å². The van der Waals surface area contributed by atoms with Crippen LogP contribution in [0.4, 0.5) is 4.39 Å². The van der Waals surface area contributed by atoms with Crippen molar-refractivity contribution in [1.29, 1.82) is 0 Å². The lowest BCUT2D eigenvalue weighted by molar-refractivity contribution is 0.0942. The van der Waals surface area contributed by atoms with Crippen LogP contribution in [0.25, 0.3) is 0 Å². The molecule has 0 spiro atoms. The molecule has 6 heteroatoms. The Morgan fingerprint density at radius 1 is 1.33 bits per heavy atom. The molecule has 2 heterocycles. The maximum atomic E-state index is 13.7. The monoisotopic (exact) mass is 328 g/mol. The standard InChI is InChI=1S/C18H21FN4O/c1-13-8-21-17(10-20-13)18(24)22-9-14-6-7-23(11-14)12-15-4-2-3-5-16(15)19/h2-5,8,10,14H,6-7,9,11-12H2,1H3,(H,22,24)/t14-/m0/s1. The highest BCUT2D eigenvalue weighted by Gasteiger charge is 2.23. The van der Waals surface area contributed by atoms with Crippen molar-refractivity contribution in [2.45, 2.75) is 19.9 Å². The van der Waals surface area contributed by atoms with E-state index in [4.69, 9.17) is 0 Å². The van der Waals surface area contributed by atoms with Gasteiger partial charge in [-0.25, -0.2) is 9.37 Å². The maximum Gasteiger partial charge on any atom is 0.271 e. The van der Waals surface area contributed by atoms with Gasteiger partial charge in [0.15, 0.2) is 0 Å². The zero-order valence-corrected chi connectivity index (χ0v) is 13.7. The van der Waals surface area contributed by atoms with E-state index in [1.165, 1.54) is 12.3 Å². The van der Waals surface area contributed by atoms with Gasteiger partial charge in [0.05, 0.1) is 11.9 Å². The zero-order valence-electron chi connectivity index (χ0n) is 13.7. The van der Waals surface area contributed by atoms with E-state index in [2.05, 4.69) is 20.2 Å². The van der Waals surface area contributed by atoms with Crippen LogP contribution in [-0.4, -0.2) is 40.4 Å². The Morgan fingerprint density at radius 2 is 2.17 bits per heavy atom. The summed E-state index contributed by atoms with van der Waals surface area (Å²) >= 11 is 0. The minimum absolute atomic E-state index is 0.160. The molecule has 0 unspecified atom stereocenters. The summed E-state index contributed by atoms with van der Waals surface area (Å²) < 4.78 is 13.7. The molecular formula is C18H21FN4O. The van der Waals surface area contributed by atoms with Crippen LogP contribution in [0, 0.1) is 18.7 Å². The van der Waals surface area contributed by atoms with Crippen LogP contribution in [-0.2, 0) is 6.54 Å². The van der Waals surface area contributed by atoms with Crippen LogP contribution in [0.1, 0.15) is 28.2 Å². The van der Waals surface area contributed by atoms with Crippen molar-refractivity contribution in [1.82, 2.24) is 20.2 Å². The van der Waals surface area contributed by atoms with E-state index in [0.717, 1.165) is 30.8 Å². The van der Waals surface area contributed by atoms with Crippen molar-refractivity contribution >= 4 is 5.91 Å². The zero-order chi connectivity index (χ0) is 16.9. The molecule has 1 saturated heterocycles. The normalized spacial score (nSPS) is 17.8. The second kappa shape index (κ2) is 7.49. The number of amides is 1. The van der Waals surface area contributed by atoms with E-state index >= 15 is 0 Å². The number of rotatable bonds is 5. The van der Waals surface area contributed by atoms with E-state index in [9.17, 15) is 9.18 Å². The predicted molar refractivity (Wildman–Crippen MR) is 88.9 cm³/mol. The first-order valence-electron chi connectivity index (χ1n) is 8.14. The first kappa shape index (κ1) is 16.5. The van der Waals surface area contributed by atoms with E-state index < -0.39 is 0 Å². The predicted octanol–water partition coefficient (Wildman–Crippen LogP) is 2.18. The summed E-state index contributed by atoms with van der Waals surface area (Å²) in [6.07, 6.45) is 4.07. The first-order chi connectivity index (χ1) is 11.6. The maximum absolute atomic E-state index is 13.7. The summed E-state index contributed by atoms with van der Waals surface area (Å²) in [5.74, 6) is 0.0152. The number of nitrogens with zero attached hydrogens (tertiary/aromatic N) is 3. The molecule has 126 valence electrons. The van der Waals surface area contributed by atoms with Crippen molar-refractivity contribution < 1.29 is 9.18 Å². The first-order valence-corrected chi connectivity index (χ1v) is 8.14. The highest BCUT2D eigenvalue weighted by atomic mass is 19.1. The highest BCUT2D eigenvalue weighted by molar-refractivity contribution is 5.91. The van der Waals surface area contributed by atoms with Crippen LogP contribution in [0.2, 0.25) is 0 Å². The fourth-order valence-electron chi connectivity index (χ4n) is 2.93. The number of hydrogen-bond acceptors (Lipinski definition) is 4. The topological polar surface area (TPSA) is 58.1 Å². The molecule has 1 aromatic carbocycles. The molecule has 24 heavy (non-hydrogen) atoms. The van der Waals surface area contributed by atoms with Gasteiger partial charge in [-0.3, -0.25) is 14.7 Å². The fourth-order valence-corrected chi connectivity index (χ4v) is 2.93. The van der Waals surface area contributed by atoms with E-state index in [1.54, 1.807) is 12.3 Å². The number of carbonyl (C=O) groups excluding carboxylic acids is 1. The number of benzene rings is 1. The van der Waals surface area contributed by atoms with Gasteiger partial charge in [-0.15, -0.1) is 0 Å². The summed E-state index contributed by atoms with van der Waals surface area (Å²) in [6.45, 7) is 4.81. The Kier molecular flexibility index (Phi) is 5.15. The Balaban J connectivity index is 1.47. The highest BCUT2D eigenvalue weighted by Crippen LogP contribution is 2.19. The molecule has 1 fully saturated rings. The molecule has 5 nitrogen and oxygen atoms in total. The van der Waals surface area contributed by atoms with Crippen LogP contribution in [0.5, 0.6) is 0 Å². The van der Waals surface area contributed by atoms with E-state index in [0.29, 0.717) is 24.7 Å².